The molecule has 2 aromatic rings. The van der Waals surface area contributed by atoms with Crippen molar-refractivity contribution in [3.63, 3.8) is 0 Å². The zero-order chi connectivity index (χ0) is 20.1. The Morgan fingerprint density at radius 2 is 1.82 bits per heavy atom. The van der Waals surface area contributed by atoms with Crippen LogP contribution in [0.1, 0.15) is 29.5 Å². The smallest absolute Gasteiger partial charge is 0.244 e. The molecule has 0 unspecified atom stereocenters. The van der Waals surface area contributed by atoms with Gasteiger partial charge in [0.15, 0.2) is 0 Å². The summed E-state index contributed by atoms with van der Waals surface area (Å²) >= 11 is 6.08. The first-order valence-electron chi connectivity index (χ1n) is 9.17. The summed E-state index contributed by atoms with van der Waals surface area (Å²) < 4.78 is 26.5. The Labute approximate surface area is 171 Å². The monoisotopic (exact) mass is 418 g/mol. The summed E-state index contributed by atoms with van der Waals surface area (Å²) in [7, 11) is -3.41. The maximum absolute atomic E-state index is 12.5. The molecule has 148 valence electrons. The first-order valence-corrected chi connectivity index (χ1v) is 11.0. The Morgan fingerprint density at radius 1 is 1.14 bits per heavy atom. The SMILES string of the molecule is Cc1ccc(/C=C/C(=O)NCc2ccc(S(=O)(=O)N3CCCC3)cc2)cc1Cl. The van der Waals surface area contributed by atoms with Crippen LogP contribution in [0.15, 0.2) is 53.4 Å². The van der Waals surface area contributed by atoms with Gasteiger partial charge in [-0.15, -0.1) is 0 Å². The summed E-state index contributed by atoms with van der Waals surface area (Å²) in [6, 6.07) is 12.3. The molecule has 28 heavy (non-hydrogen) atoms. The van der Waals surface area contributed by atoms with E-state index in [-0.39, 0.29) is 5.91 Å². The number of amides is 1. The van der Waals surface area contributed by atoms with Crippen LogP contribution in [0.2, 0.25) is 5.02 Å². The quantitative estimate of drug-likeness (QED) is 0.726. The van der Waals surface area contributed by atoms with Crippen LogP contribution in [-0.2, 0) is 21.4 Å². The summed E-state index contributed by atoms with van der Waals surface area (Å²) in [6.07, 6.45) is 4.97. The van der Waals surface area contributed by atoms with E-state index in [9.17, 15) is 13.2 Å². The summed E-state index contributed by atoms with van der Waals surface area (Å²) in [5, 5.41) is 3.45. The van der Waals surface area contributed by atoms with Gasteiger partial charge in [0.05, 0.1) is 4.90 Å². The van der Waals surface area contributed by atoms with E-state index in [2.05, 4.69) is 5.32 Å². The van der Waals surface area contributed by atoms with Crippen LogP contribution < -0.4 is 5.32 Å². The second-order valence-electron chi connectivity index (χ2n) is 6.81. The van der Waals surface area contributed by atoms with E-state index >= 15 is 0 Å². The van der Waals surface area contributed by atoms with Gasteiger partial charge in [-0.1, -0.05) is 35.9 Å². The first-order chi connectivity index (χ1) is 13.4. The minimum Gasteiger partial charge on any atom is -0.348 e. The Hall–Kier alpha value is -2.15. The number of halogens is 1. The van der Waals surface area contributed by atoms with Crippen LogP contribution in [0.25, 0.3) is 6.08 Å². The van der Waals surface area contributed by atoms with E-state index in [4.69, 9.17) is 11.6 Å². The normalized spacial score (nSPS) is 15.2. The average Bonchev–Trinajstić information content (AvgIpc) is 3.23. The van der Waals surface area contributed by atoms with Crippen molar-refractivity contribution >= 4 is 33.6 Å². The molecule has 0 bridgehead atoms. The van der Waals surface area contributed by atoms with Crippen LogP contribution in [0.4, 0.5) is 0 Å². The topological polar surface area (TPSA) is 66.5 Å². The number of nitrogens with zero attached hydrogens (tertiary/aromatic N) is 1. The number of carbonyl (C=O) groups excluding carboxylic acids is 1. The Balaban J connectivity index is 1.56. The number of nitrogens with one attached hydrogen (secondary N) is 1. The molecule has 0 spiro atoms. The molecular weight excluding hydrogens is 396 g/mol. The van der Waals surface area contributed by atoms with Gasteiger partial charge in [-0.2, -0.15) is 4.31 Å². The van der Waals surface area contributed by atoms with Gasteiger partial charge >= 0.3 is 0 Å². The molecule has 0 radical (unpaired) electrons. The molecule has 0 aliphatic carbocycles. The summed E-state index contributed by atoms with van der Waals surface area (Å²) in [6.45, 7) is 3.41. The molecule has 2 aromatic carbocycles. The number of rotatable bonds is 6. The molecule has 1 amide bonds. The Bertz CT molecular complexity index is 979. The van der Waals surface area contributed by atoms with Crippen molar-refractivity contribution in [3.8, 4) is 0 Å². The molecule has 0 atom stereocenters. The third-order valence-electron chi connectivity index (χ3n) is 4.72. The highest BCUT2D eigenvalue weighted by molar-refractivity contribution is 7.89. The van der Waals surface area contributed by atoms with Crippen molar-refractivity contribution in [2.24, 2.45) is 0 Å². The van der Waals surface area contributed by atoms with Crippen LogP contribution in [0.5, 0.6) is 0 Å². The molecule has 0 saturated carbocycles. The molecule has 1 saturated heterocycles. The Morgan fingerprint density at radius 3 is 2.46 bits per heavy atom. The Kier molecular flexibility index (Phi) is 6.54. The predicted molar refractivity (Wildman–Crippen MR) is 112 cm³/mol. The number of sulfonamides is 1. The predicted octanol–water partition coefficient (Wildman–Crippen LogP) is 3.76. The minimum absolute atomic E-state index is 0.231. The van der Waals surface area contributed by atoms with Crippen molar-refractivity contribution in [1.82, 2.24) is 9.62 Å². The molecular formula is C21H23ClN2O3S. The highest BCUT2D eigenvalue weighted by Crippen LogP contribution is 2.21. The summed E-state index contributed by atoms with van der Waals surface area (Å²) in [4.78, 5) is 12.3. The van der Waals surface area contributed by atoms with Gasteiger partial charge in [-0.05, 0) is 60.7 Å². The number of benzene rings is 2. The van der Waals surface area contributed by atoms with Gasteiger partial charge in [0.25, 0.3) is 0 Å². The molecule has 1 aliphatic heterocycles. The minimum atomic E-state index is -3.41. The van der Waals surface area contributed by atoms with Crippen molar-refractivity contribution in [1.29, 1.82) is 0 Å². The number of hydrogen-bond donors (Lipinski definition) is 1. The molecule has 1 fully saturated rings. The van der Waals surface area contributed by atoms with E-state index in [1.807, 2.05) is 19.1 Å². The highest BCUT2D eigenvalue weighted by atomic mass is 35.5. The molecule has 7 heteroatoms. The second kappa shape index (κ2) is 8.90. The lowest BCUT2D eigenvalue weighted by molar-refractivity contribution is -0.116. The van der Waals surface area contributed by atoms with Crippen molar-refractivity contribution in [2.45, 2.75) is 31.2 Å². The van der Waals surface area contributed by atoms with E-state index in [0.29, 0.717) is 29.6 Å². The molecule has 0 aromatic heterocycles. The zero-order valence-corrected chi connectivity index (χ0v) is 17.3. The molecule has 1 N–H and O–H groups in total. The van der Waals surface area contributed by atoms with Gasteiger partial charge in [0.1, 0.15) is 0 Å². The molecule has 5 nitrogen and oxygen atoms in total. The maximum atomic E-state index is 12.5. The number of hydrogen-bond acceptors (Lipinski definition) is 3. The van der Waals surface area contributed by atoms with Crippen LogP contribution in [0, 0.1) is 6.92 Å². The van der Waals surface area contributed by atoms with Crippen LogP contribution >= 0.6 is 11.6 Å². The van der Waals surface area contributed by atoms with Crippen molar-refractivity contribution in [3.05, 3.63) is 70.3 Å². The van der Waals surface area contributed by atoms with Gasteiger partial charge in [0.2, 0.25) is 15.9 Å². The van der Waals surface area contributed by atoms with Crippen molar-refractivity contribution < 1.29 is 13.2 Å². The van der Waals surface area contributed by atoms with E-state index < -0.39 is 10.0 Å². The largest absolute Gasteiger partial charge is 0.348 e. The maximum Gasteiger partial charge on any atom is 0.244 e. The van der Waals surface area contributed by atoms with Crippen LogP contribution in [0.3, 0.4) is 0 Å². The summed E-state index contributed by atoms with van der Waals surface area (Å²) in [5.74, 6) is -0.231. The molecule has 3 rings (SSSR count). The third-order valence-corrected chi connectivity index (χ3v) is 7.04. The second-order valence-corrected chi connectivity index (χ2v) is 9.16. The lowest BCUT2D eigenvalue weighted by atomic mass is 10.1. The van der Waals surface area contributed by atoms with E-state index in [0.717, 1.165) is 29.5 Å². The third kappa shape index (κ3) is 5.01. The van der Waals surface area contributed by atoms with Crippen LogP contribution in [-0.4, -0.2) is 31.7 Å². The van der Waals surface area contributed by atoms with E-state index in [1.54, 1.807) is 36.4 Å². The lowest BCUT2D eigenvalue weighted by Crippen LogP contribution is -2.27. The summed E-state index contributed by atoms with van der Waals surface area (Å²) in [5.41, 5.74) is 2.67. The highest BCUT2D eigenvalue weighted by Gasteiger charge is 2.26. The van der Waals surface area contributed by atoms with Gasteiger partial charge in [-0.3, -0.25) is 4.79 Å². The fraction of sp³-hybridized carbons (Fsp3) is 0.286. The fourth-order valence-electron chi connectivity index (χ4n) is 2.99. The van der Waals surface area contributed by atoms with Gasteiger partial charge < -0.3 is 5.32 Å². The zero-order valence-electron chi connectivity index (χ0n) is 15.7. The number of aryl methyl sites for hydroxylation is 1. The first kappa shape index (κ1) is 20.6. The van der Waals surface area contributed by atoms with Gasteiger partial charge in [0, 0.05) is 30.7 Å². The fourth-order valence-corrected chi connectivity index (χ4v) is 4.70. The van der Waals surface area contributed by atoms with Gasteiger partial charge in [-0.25, -0.2) is 8.42 Å². The molecule has 1 heterocycles. The standard InChI is InChI=1S/C21H23ClN2O3S/c1-16-4-5-17(14-20(16)22)8-11-21(25)23-15-18-6-9-19(10-7-18)28(26,27)24-12-2-3-13-24/h4-11,14H,2-3,12-13,15H2,1H3,(H,23,25)/b11-8+. The lowest BCUT2D eigenvalue weighted by Gasteiger charge is -2.15. The van der Waals surface area contributed by atoms with Crippen molar-refractivity contribution in [2.75, 3.05) is 13.1 Å². The van der Waals surface area contributed by atoms with E-state index in [1.165, 1.54) is 10.4 Å². The number of carbonyl (C=O) groups is 1. The molecule has 1 aliphatic rings. The average molecular weight is 419 g/mol.